The predicted octanol–water partition coefficient (Wildman–Crippen LogP) is 14.5. The normalized spacial score (nSPS) is 13.8. The average Bonchev–Trinajstić information content (AvgIpc) is 2.27. The van der Waals surface area contributed by atoms with Crippen LogP contribution in [0.1, 0.15) is 121 Å². The van der Waals surface area contributed by atoms with Gasteiger partial charge in [-0.2, -0.15) is 5.10 Å². The van der Waals surface area contributed by atoms with Crippen molar-refractivity contribution in [2.75, 3.05) is 5.73 Å². The minimum atomic E-state index is -1.01. The number of rotatable bonds is 9. The van der Waals surface area contributed by atoms with Gasteiger partial charge in [-0.1, -0.05) is 81.6 Å². The molecule has 89 heavy (non-hydrogen) atoms. The van der Waals surface area contributed by atoms with E-state index in [1.807, 2.05) is 24.3 Å². The number of hydrogen-bond acceptors (Lipinski definition) is 12. The molecule has 456 valence electrons. The summed E-state index contributed by atoms with van der Waals surface area (Å²) in [5, 5.41) is 33.7. The molecule has 15 rings (SSSR count). The molecule has 14 nitrogen and oxygen atoms in total. The van der Waals surface area contributed by atoms with E-state index in [0.717, 1.165) is 162 Å². The van der Waals surface area contributed by atoms with Crippen molar-refractivity contribution in [2.24, 2.45) is 0 Å². The van der Waals surface area contributed by atoms with Gasteiger partial charge in [-0.3, -0.25) is 15.0 Å². The van der Waals surface area contributed by atoms with Gasteiger partial charge >= 0.3 is 5.97 Å². The second-order valence-electron chi connectivity index (χ2n) is 22.2. The Labute approximate surface area is 544 Å². The molecule has 0 aliphatic heterocycles. The predicted molar refractivity (Wildman–Crippen MR) is 351 cm³/mol. The van der Waals surface area contributed by atoms with E-state index in [9.17, 15) is 23.1 Å². The number of carboxylic acids is 1. The molecule has 3 aromatic carbocycles. The maximum Gasteiger partial charge on any atom is 0.338 e. The molecule has 0 atom stereocenters. The van der Waals surface area contributed by atoms with Gasteiger partial charge in [0.2, 0.25) is 0 Å². The number of aryl methyl sites for hydroxylation is 10. The summed E-state index contributed by atoms with van der Waals surface area (Å²) >= 11 is 17.2. The van der Waals surface area contributed by atoms with E-state index in [1.165, 1.54) is 46.8 Å². The van der Waals surface area contributed by atoms with Crippen molar-refractivity contribution < 1.29 is 33.3 Å². The Bertz CT molecular complexity index is 4200. The van der Waals surface area contributed by atoms with Crippen molar-refractivity contribution in [3.63, 3.8) is 0 Å². The van der Waals surface area contributed by atoms with Gasteiger partial charge in [0.1, 0.15) is 43.6 Å². The van der Waals surface area contributed by atoms with Crippen LogP contribution in [0.15, 0.2) is 109 Å². The third-order valence-electron chi connectivity index (χ3n) is 16.4. The van der Waals surface area contributed by atoms with Crippen LogP contribution >= 0.6 is 61.7 Å². The summed E-state index contributed by atoms with van der Waals surface area (Å²) in [6.45, 7) is 0.308. The zero-order valence-electron chi connectivity index (χ0n) is 48.3. The standard InChI is InChI=1S/C20H16FIN6.C15H13BrFN.C15H14FNO.C9H8ClNO2.C9H10ClNO/c21-14-6-2-1-5-13(14)17-12(8-11-4-3-7-15(11)26-17)9-28-20-16(18(22)27-28)19(23)24-10-25-20;16-9-11-8-10-4-3-7-14(10)18-15(11)12-5-1-2-6-13(12)17;16-13-6-2-1-5-12(13)15-11(9-18)8-10-4-3-7-14(10)17-15;10-8-6(9(12)13)4-5-2-1-3-7(5)11-8;10-9-7(5-12)4-6-2-1-3-8(6)11-9/h1-2,5-6,8,10H,3-4,7,9H2,(H2,23,24,25);1-2,5-6,8H,3-4,7,9H2;1-2,5-6,8,18H,3-4,7,9H2;4H,1-3H2,(H,12,13);4,12H,1-3,5H2. The number of fused-ring (bicyclic) bond motifs is 6. The number of aromatic carboxylic acids is 1. The van der Waals surface area contributed by atoms with E-state index in [1.54, 1.807) is 53.2 Å². The number of benzene rings is 3. The van der Waals surface area contributed by atoms with Crippen LogP contribution in [0.5, 0.6) is 0 Å². The molecule has 0 saturated carbocycles. The van der Waals surface area contributed by atoms with Gasteiger partial charge in [-0.25, -0.2) is 42.6 Å². The Morgan fingerprint density at radius 1 is 0.539 bits per heavy atom. The van der Waals surface area contributed by atoms with E-state index in [2.05, 4.69) is 85.7 Å². The minimum Gasteiger partial charge on any atom is -0.478 e. The number of aromatic nitrogens is 9. The Kier molecular flexibility index (Phi) is 20.4. The first kappa shape index (κ1) is 63.3. The van der Waals surface area contributed by atoms with E-state index in [-0.39, 0.29) is 41.4 Å². The molecule has 0 amide bonds. The molecule has 5 aliphatic carbocycles. The fourth-order valence-electron chi connectivity index (χ4n) is 12.0. The second kappa shape index (κ2) is 28.7. The van der Waals surface area contributed by atoms with Crippen molar-refractivity contribution in [3.8, 4) is 33.8 Å². The highest BCUT2D eigenvalue weighted by Gasteiger charge is 2.25. The van der Waals surface area contributed by atoms with Crippen molar-refractivity contribution in [3.05, 3.63) is 225 Å². The van der Waals surface area contributed by atoms with E-state index in [4.69, 9.17) is 44.1 Å². The Morgan fingerprint density at radius 2 is 0.933 bits per heavy atom. The molecule has 0 unspecified atom stereocenters. The monoisotopic (exact) mass is 1410 g/mol. The summed E-state index contributed by atoms with van der Waals surface area (Å²) in [6.07, 6.45) is 16.9. The lowest BCUT2D eigenvalue weighted by Crippen LogP contribution is -2.08. The number of alkyl halides is 1. The molecule has 21 heteroatoms. The zero-order chi connectivity index (χ0) is 62.3. The molecule has 10 aromatic rings. The summed E-state index contributed by atoms with van der Waals surface area (Å²) in [5.41, 5.74) is 25.2. The first-order valence-corrected chi connectivity index (χ1v) is 32.4. The number of carboxylic acid groups (broad SMARTS) is 1. The fourth-order valence-corrected chi connectivity index (χ4v) is 13.7. The Balaban J connectivity index is 0.000000119. The number of nitrogen functional groups attached to an aromatic ring is 1. The molecule has 0 fully saturated rings. The average molecular weight is 1420 g/mol. The molecular weight excluding hydrogens is 1360 g/mol. The van der Waals surface area contributed by atoms with E-state index >= 15 is 0 Å². The lowest BCUT2D eigenvalue weighted by Gasteiger charge is -2.13. The summed E-state index contributed by atoms with van der Waals surface area (Å²) in [5.74, 6) is -1.38. The summed E-state index contributed by atoms with van der Waals surface area (Å²) in [6, 6.07) is 30.1. The molecule has 0 radical (unpaired) electrons. The number of aliphatic hydroxyl groups excluding tert-OH is 2. The maximum atomic E-state index is 14.6. The third kappa shape index (κ3) is 14.2. The number of pyridine rings is 5. The van der Waals surface area contributed by atoms with Crippen LogP contribution in [0.2, 0.25) is 10.3 Å². The SMILES string of the molecule is Fc1ccccc1-c1nc2c(cc1CBr)CCC2.Nc1ncnc2c1c(I)nn2Cc1cc2c(nc1-c1ccccc1F)CCC2.O=C(O)c1cc2c(nc1Cl)CCC2.OCc1cc2c(nc1-c1ccccc1F)CCC2.OCc1cc2c(nc1Cl)CCC2. The zero-order valence-corrected chi connectivity index (χ0v) is 53.6. The van der Waals surface area contributed by atoms with Crippen LogP contribution in [0.25, 0.3) is 44.8 Å². The van der Waals surface area contributed by atoms with Crippen molar-refractivity contribution in [2.45, 2.75) is 121 Å². The minimum absolute atomic E-state index is 0.0148. The highest BCUT2D eigenvalue weighted by Crippen LogP contribution is 2.35. The quantitative estimate of drug-likeness (QED) is 0.0602. The number of hydrogen-bond donors (Lipinski definition) is 4. The third-order valence-corrected chi connectivity index (χ3v) is 18.4. The smallest absolute Gasteiger partial charge is 0.338 e. The number of aliphatic hydroxyl groups is 2. The van der Waals surface area contributed by atoms with Crippen molar-refractivity contribution in [1.29, 1.82) is 0 Å². The fraction of sp³-hybridized carbons (Fsp3) is 0.279. The van der Waals surface area contributed by atoms with Crippen LogP contribution < -0.4 is 5.73 Å². The van der Waals surface area contributed by atoms with Crippen LogP contribution in [-0.4, -0.2) is 66.0 Å². The lowest BCUT2D eigenvalue weighted by molar-refractivity contribution is 0.0696. The number of nitrogens with two attached hydrogens (primary N) is 1. The van der Waals surface area contributed by atoms with Gasteiger partial charge in [0, 0.05) is 67.2 Å². The molecule has 5 aliphatic rings. The van der Waals surface area contributed by atoms with Crippen LogP contribution in [-0.2, 0) is 89.3 Å². The molecule has 5 N–H and O–H groups in total. The summed E-state index contributed by atoms with van der Waals surface area (Å²) in [7, 11) is 0. The summed E-state index contributed by atoms with van der Waals surface area (Å²) < 4.78 is 44.8. The number of carbonyl (C=O) groups is 1. The maximum absolute atomic E-state index is 14.6. The summed E-state index contributed by atoms with van der Waals surface area (Å²) in [4.78, 5) is 41.5. The van der Waals surface area contributed by atoms with Crippen LogP contribution in [0, 0.1) is 21.2 Å². The molecular formula is C68H61BrCl2F3IN10O4. The van der Waals surface area contributed by atoms with Crippen molar-refractivity contribution >= 4 is 84.5 Å². The number of halogens is 7. The molecule has 0 saturated heterocycles. The van der Waals surface area contributed by atoms with E-state index < -0.39 is 5.97 Å². The Morgan fingerprint density at radius 3 is 1.38 bits per heavy atom. The highest BCUT2D eigenvalue weighted by atomic mass is 127. The lowest BCUT2D eigenvalue weighted by atomic mass is 10.0. The van der Waals surface area contributed by atoms with Crippen LogP contribution in [0.3, 0.4) is 0 Å². The van der Waals surface area contributed by atoms with Gasteiger partial charge in [0.25, 0.3) is 0 Å². The van der Waals surface area contributed by atoms with Gasteiger partial charge in [0.05, 0.1) is 47.8 Å². The molecule has 7 aromatic heterocycles. The highest BCUT2D eigenvalue weighted by molar-refractivity contribution is 14.1. The Hall–Kier alpha value is -7.27. The topological polar surface area (TPSA) is 212 Å². The number of anilines is 1. The first-order valence-electron chi connectivity index (χ1n) is 29.5. The van der Waals surface area contributed by atoms with Gasteiger partial charge in [0.15, 0.2) is 5.65 Å². The molecule has 7 heterocycles. The van der Waals surface area contributed by atoms with Gasteiger partial charge < -0.3 is 21.1 Å². The molecule has 0 spiro atoms. The largest absolute Gasteiger partial charge is 0.478 e. The van der Waals surface area contributed by atoms with Gasteiger partial charge in [-0.05, 0) is 213 Å². The van der Waals surface area contributed by atoms with E-state index in [0.29, 0.717) is 62.1 Å². The second-order valence-corrected chi connectivity index (χ2v) is 24.4. The first-order chi connectivity index (χ1) is 43.2. The van der Waals surface area contributed by atoms with Crippen molar-refractivity contribution in [1.82, 2.24) is 44.7 Å². The number of nitrogens with zero attached hydrogens (tertiary/aromatic N) is 9. The molecule has 0 bridgehead atoms. The van der Waals surface area contributed by atoms with Crippen LogP contribution in [0.4, 0.5) is 19.0 Å². The van der Waals surface area contributed by atoms with Gasteiger partial charge in [-0.15, -0.1) is 0 Å².